The van der Waals surface area contributed by atoms with Gasteiger partial charge >= 0.3 is 6.85 Å². The molecule has 3 aliphatic rings. The molecule has 1 aliphatic carbocycles. The molecule has 0 bridgehead atoms. The van der Waals surface area contributed by atoms with Crippen LogP contribution in [0.25, 0.3) is 76.2 Å². The van der Waals surface area contributed by atoms with Gasteiger partial charge in [-0.2, -0.15) is 0 Å². The highest BCUT2D eigenvalue weighted by Crippen LogP contribution is 2.55. The zero-order valence-corrected chi connectivity index (χ0v) is 43.9. The molecule has 2 aliphatic heterocycles. The van der Waals surface area contributed by atoms with Gasteiger partial charge in [-0.05, 0) is 157 Å². The fourth-order valence-corrected chi connectivity index (χ4v) is 13.5. The van der Waals surface area contributed by atoms with Gasteiger partial charge in [0.2, 0.25) is 0 Å². The second kappa shape index (κ2) is 14.8. The van der Waals surface area contributed by atoms with Gasteiger partial charge in [0.1, 0.15) is 22.3 Å². The van der Waals surface area contributed by atoms with Crippen LogP contribution in [0.3, 0.4) is 0 Å². The summed E-state index contributed by atoms with van der Waals surface area (Å²) < 4.78 is 15.7. The molecule has 6 heteroatoms. The van der Waals surface area contributed by atoms with Crippen molar-refractivity contribution in [3.8, 4) is 22.3 Å². The van der Waals surface area contributed by atoms with Crippen LogP contribution >= 0.6 is 11.3 Å². The lowest BCUT2D eigenvalue weighted by Gasteiger charge is -2.46. The van der Waals surface area contributed by atoms with Gasteiger partial charge < -0.3 is 18.5 Å². The largest absolute Gasteiger partial charge is 0.456 e. The highest BCUT2D eigenvalue weighted by Gasteiger charge is 2.48. The molecule has 0 fully saturated rings. The molecule has 0 saturated carbocycles. The van der Waals surface area contributed by atoms with Gasteiger partial charge in [0.15, 0.2) is 0 Å². The molecule has 0 amide bonds. The fraction of sp³-hybridized carbons (Fsp3) is 0.242. The van der Waals surface area contributed by atoms with Gasteiger partial charge in [-0.1, -0.05) is 136 Å². The fourth-order valence-electron chi connectivity index (χ4n) is 12.7. The van der Waals surface area contributed by atoms with Crippen molar-refractivity contribution < 1.29 is 8.83 Å². The lowest BCUT2D eigenvalue weighted by molar-refractivity contribution is 0.332. The van der Waals surface area contributed by atoms with E-state index >= 15 is 0 Å². The highest BCUT2D eigenvalue weighted by atomic mass is 32.1. The zero-order valence-electron chi connectivity index (χ0n) is 43.0. The number of benzene rings is 8. The molecule has 0 radical (unpaired) electrons. The normalized spacial score (nSPS) is 15.9. The van der Waals surface area contributed by atoms with Crippen LogP contribution in [-0.2, 0) is 21.7 Å². The summed E-state index contributed by atoms with van der Waals surface area (Å²) in [7, 11) is 0. The van der Waals surface area contributed by atoms with E-state index < -0.39 is 0 Å². The average Bonchev–Trinajstić information content (AvgIpc) is 4.08. The minimum absolute atomic E-state index is 0.00451. The van der Waals surface area contributed by atoms with E-state index in [0.717, 1.165) is 85.2 Å². The first-order valence-corrected chi connectivity index (χ1v) is 26.8. The molecule has 0 atom stereocenters. The molecule has 0 saturated heterocycles. The lowest BCUT2D eigenvalue weighted by atomic mass is 9.43. The standard InChI is InChI=1S/C66H59BN2O2S/c1-63(2,3)40-20-23-42(24-21-40)69-53-37-58-45(46-33-49-50(35-57(46)70-58)66(9,10)28-27-65(49,7)8)32-48(53)60-61-55(34-47-43-18-14-15-19-56(43)71-62(47)60)68(54-30-39-26-29-72-59(39)36-51(54)67(61)69)52-25-22-41(64(4,5)6)31-44(52)38-16-12-11-13-17-38/h11-26,29-37H,27-28H2,1-10H3. The minimum atomic E-state index is -0.219. The van der Waals surface area contributed by atoms with Crippen molar-refractivity contribution >= 4 is 112 Å². The minimum Gasteiger partial charge on any atom is -0.456 e. The van der Waals surface area contributed by atoms with Crippen LogP contribution in [0.2, 0.25) is 0 Å². The van der Waals surface area contributed by atoms with E-state index in [0.29, 0.717) is 0 Å². The summed E-state index contributed by atoms with van der Waals surface area (Å²) in [6.45, 7) is 23.3. The summed E-state index contributed by atoms with van der Waals surface area (Å²) in [4.78, 5) is 5.23. The second-order valence-electron chi connectivity index (χ2n) is 24.4. The number of furan rings is 2. The Morgan fingerprint density at radius 1 is 0.528 bits per heavy atom. The summed E-state index contributed by atoms with van der Waals surface area (Å²) in [5.41, 5.74) is 22.1. The van der Waals surface area contributed by atoms with Gasteiger partial charge in [0.25, 0.3) is 0 Å². The van der Waals surface area contributed by atoms with Crippen molar-refractivity contribution in [2.45, 2.75) is 104 Å². The molecule has 5 heterocycles. The maximum absolute atomic E-state index is 7.25. The van der Waals surface area contributed by atoms with Crippen LogP contribution in [0.15, 0.2) is 160 Å². The Balaban J connectivity index is 1.15. The number of hydrogen-bond donors (Lipinski definition) is 0. The van der Waals surface area contributed by atoms with Crippen molar-refractivity contribution in [1.82, 2.24) is 0 Å². The Morgan fingerprint density at radius 3 is 1.96 bits per heavy atom. The summed E-state index contributed by atoms with van der Waals surface area (Å²) >= 11 is 1.81. The van der Waals surface area contributed by atoms with Crippen LogP contribution in [0.1, 0.15) is 104 Å². The maximum Gasteiger partial charge on any atom is 0.333 e. The summed E-state index contributed by atoms with van der Waals surface area (Å²) in [5.74, 6) is 0. The third kappa shape index (κ3) is 6.30. The van der Waals surface area contributed by atoms with E-state index in [1.807, 2.05) is 11.3 Å². The van der Waals surface area contributed by atoms with E-state index in [4.69, 9.17) is 8.83 Å². The van der Waals surface area contributed by atoms with Crippen molar-refractivity contribution in [2.75, 3.05) is 9.71 Å². The van der Waals surface area contributed by atoms with E-state index in [1.165, 1.54) is 65.5 Å². The molecule has 0 N–H and O–H groups in total. The number of fused-ring (bicyclic) bond motifs is 13. The van der Waals surface area contributed by atoms with Crippen LogP contribution in [0, 0.1) is 0 Å². The zero-order chi connectivity index (χ0) is 49.4. The molecule has 8 aromatic carbocycles. The Kier molecular flexibility index (Phi) is 8.99. The van der Waals surface area contributed by atoms with Crippen LogP contribution in [0.4, 0.5) is 28.4 Å². The van der Waals surface area contributed by atoms with E-state index in [1.54, 1.807) is 0 Å². The monoisotopic (exact) mass is 954 g/mol. The maximum atomic E-state index is 7.25. The Bertz CT molecular complexity index is 4080. The van der Waals surface area contributed by atoms with E-state index in [2.05, 4.69) is 230 Å². The van der Waals surface area contributed by atoms with Gasteiger partial charge in [0.05, 0.1) is 5.69 Å². The Hall–Kier alpha value is -7.02. The predicted molar refractivity (Wildman–Crippen MR) is 308 cm³/mol. The van der Waals surface area contributed by atoms with Gasteiger partial charge in [0, 0.05) is 71.8 Å². The molecule has 354 valence electrons. The highest BCUT2D eigenvalue weighted by molar-refractivity contribution is 7.17. The average molecular weight is 955 g/mol. The summed E-state index contributed by atoms with van der Waals surface area (Å²) in [5, 5.41) is 8.01. The molecule has 0 spiro atoms. The van der Waals surface area contributed by atoms with Gasteiger partial charge in [-0.15, -0.1) is 11.3 Å². The topological polar surface area (TPSA) is 32.8 Å². The third-order valence-corrected chi connectivity index (χ3v) is 17.8. The number of thiophene rings is 1. The quantitative estimate of drug-likeness (QED) is 0.165. The molecular weight excluding hydrogens is 896 g/mol. The van der Waals surface area contributed by atoms with Crippen molar-refractivity contribution in [3.63, 3.8) is 0 Å². The van der Waals surface area contributed by atoms with Gasteiger partial charge in [-0.3, -0.25) is 0 Å². The molecule has 3 aromatic heterocycles. The molecule has 14 rings (SSSR count). The first-order valence-electron chi connectivity index (χ1n) is 25.9. The van der Waals surface area contributed by atoms with Crippen molar-refractivity contribution in [1.29, 1.82) is 0 Å². The number of anilines is 5. The lowest BCUT2D eigenvalue weighted by Crippen LogP contribution is -2.61. The molecule has 72 heavy (non-hydrogen) atoms. The van der Waals surface area contributed by atoms with Gasteiger partial charge in [-0.25, -0.2) is 0 Å². The summed E-state index contributed by atoms with van der Waals surface area (Å²) in [6, 6.07) is 55.5. The predicted octanol–water partition coefficient (Wildman–Crippen LogP) is 18.0. The van der Waals surface area contributed by atoms with Crippen molar-refractivity contribution in [3.05, 3.63) is 173 Å². The number of hydrogen-bond acceptors (Lipinski definition) is 5. The second-order valence-corrected chi connectivity index (χ2v) is 25.4. The molecule has 4 nitrogen and oxygen atoms in total. The third-order valence-electron chi connectivity index (χ3n) is 16.9. The van der Waals surface area contributed by atoms with Crippen LogP contribution < -0.4 is 20.6 Å². The molecule has 11 aromatic rings. The molecular formula is C66H59BN2O2S. The SMILES string of the molecule is CC(C)(C)c1ccc(N2B3c4cc5sccc5cc4N(c4ccc(C(C)(C)C)cc4-c4ccccc4)c4cc5c(oc6ccccc65)c(c43)-c3cc4c(cc32)oc2cc3c(cc24)C(C)(C)CCC3(C)C)cc1. The summed E-state index contributed by atoms with van der Waals surface area (Å²) in [6.07, 6.45) is 2.29. The van der Waals surface area contributed by atoms with E-state index in [-0.39, 0.29) is 28.5 Å². The first kappa shape index (κ1) is 43.7. The first-order chi connectivity index (χ1) is 34.4. The Morgan fingerprint density at radius 2 is 1.21 bits per heavy atom. The number of para-hydroxylation sites is 1. The van der Waals surface area contributed by atoms with Crippen molar-refractivity contribution in [2.24, 2.45) is 0 Å². The van der Waals surface area contributed by atoms with Crippen LogP contribution in [0.5, 0.6) is 0 Å². The Labute approximate surface area is 427 Å². The van der Waals surface area contributed by atoms with E-state index in [9.17, 15) is 0 Å². The molecule has 0 unspecified atom stereocenters. The number of rotatable bonds is 3. The number of nitrogens with zero attached hydrogens (tertiary/aromatic N) is 2. The van der Waals surface area contributed by atoms with Crippen LogP contribution in [-0.4, -0.2) is 6.85 Å². The smallest absolute Gasteiger partial charge is 0.333 e.